The molecule has 0 spiro atoms. The summed E-state index contributed by atoms with van der Waals surface area (Å²) in [6.07, 6.45) is 5.32. The number of nitrogens with zero attached hydrogens (tertiary/aromatic N) is 4. The molecule has 2 aromatic rings. The molecule has 0 bridgehead atoms. The van der Waals surface area contributed by atoms with E-state index < -0.39 is 0 Å². The van der Waals surface area contributed by atoms with Crippen LogP contribution in [0.3, 0.4) is 0 Å². The maximum atomic E-state index is 12.3. The van der Waals surface area contributed by atoms with Gasteiger partial charge in [0.25, 0.3) is 5.91 Å². The van der Waals surface area contributed by atoms with Crippen molar-refractivity contribution in [3.63, 3.8) is 0 Å². The summed E-state index contributed by atoms with van der Waals surface area (Å²) < 4.78 is 0. The van der Waals surface area contributed by atoms with Crippen molar-refractivity contribution in [1.82, 2.24) is 14.9 Å². The molecule has 0 aromatic carbocycles. The van der Waals surface area contributed by atoms with Crippen molar-refractivity contribution in [3.05, 3.63) is 16.8 Å². The Hall–Kier alpha value is -1.69. The van der Waals surface area contributed by atoms with Crippen molar-refractivity contribution < 1.29 is 4.79 Å². The lowest BCUT2D eigenvalue weighted by molar-refractivity contribution is 0.0831. The van der Waals surface area contributed by atoms with Gasteiger partial charge in [0.1, 0.15) is 17.0 Å². The quantitative estimate of drug-likeness (QED) is 0.856. The van der Waals surface area contributed by atoms with E-state index in [0.29, 0.717) is 0 Å². The van der Waals surface area contributed by atoms with E-state index >= 15 is 0 Å². The second-order valence-corrected chi connectivity index (χ2v) is 6.68. The first-order valence-corrected chi connectivity index (χ1v) is 8.12. The van der Waals surface area contributed by atoms with Crippen LogP contribution in [0.1, 0.15) is 34.5 Å². The monoisotopic (exact) mass is 304 g/mol. The Morgan fingerprint density at radius 3 is 2.62 bits per heavy atom. The zero-order valence-electron chi connectivity index (χ0n) is 12.7. The molecule has 1 aliphatic heterocycles. The maximum Gasteiger partial charge on any atom is 0.263 e. The molecule has 112 valence electrons. The Bertz CT molecular complexity index is 674. The lowest BCUT2D eigenvalue weighted by Gasteiger charge is -2.28. The van der Waals surface area contributed by atoms with Crippen molar-refractivity contribution in [3.8, 4) is 0 Å². The number of anilines is 1. The third-order valence-electron chi connectivity index (χ3n) is 3.96. The van der Waals surface area contributed by atoms with Gasteiger partial charge in [-0.25, -0.2) is 9.97 Å². The van der Waals surface area contributed by atoms with Gasteiger partial charge in [-0.1, -0.05) is 0 Å². The summed E-state index contributed by atoms with van der Waals surface area (Å²) in [5.74, 6) is 1.03. The molecule has 0 aliphatic carbocycles. The van der Waals surface area contributed by atoms with Crippen LogP contribution < -0.4 is 4.90 Å². The average Bonchev–Trinajstić information content (AvgIpc) is 2.84. The summed E-state index contributed by atoms with van der Waals surface area (Å²) in [4.78, 5) is 26.8. The number of thiophene rings is 1. The Morgan fingerprint density at radius 2 is 1.95 bits per heavy atom. The van der Waals surface area contributed by atoms with Crippen LogP contribution in [0.4, 0.5) is 5.82 Å². The summed E-state index contributed by atoms with van der Waals surface area (Å²) >= 11 is 1.47. The van der Waals surface area contributed by atoms with E-state index in [-0.39, 0.29) is 5.91 Å². The number of carbonyl (C=O) groups excluding carboxylic acids is 1. The van der Waals surface area contributed by atoms with Gasteiger partial charge in [0, 0.05) is 27.2 Å². The number of aryl methyl sites for hydroxylation is 1. The minimum Gasteiger partial charge on any atom is -0.356 e. The molecular formula is C15H20N4OS. The topological polar surface area (TPSA) is 49.3 Å². The number of amides is 1. The summed E-state index contributed by atoms with van der Waals surface area (Å²) in [6.45, 7) is 4.09. The molecule has 0 atom stereocenters. The van der Waals surface area contributed by atoms with Crippen LogP contribution in [0.2, 0.25) is 0 Å². The fraction of sp³-hybridized carbons (Fsp3) is 0.533. The van der Waals surface area contributed by atoms with Crippen molar-refractivity contribution in [1.29, 1.82) is 0 Å². The zero-order chi connectivity index (χ0) is 15.0. The third-order valence-corrected chi connectivity index (χ3v) is 5.15. The maximum absolute atomic E-state index is 12.3. The molecule has 0 N–H and O–H groups in total. The van der Waals surface area contributed by atoms with Crippen molar-refractivity contribution in [2.45, 2.75) is 26.2 Å². The van der Waals surface area contributed by atoms with Gasteiger partial charge in [0.05, 0.1) is 10.3 Å². The van der Waals surface area contributed by atoms with E-state index in [2.05, 4.69) is 14.9 Å². The van der Waals surface area contributed by atoms with Crippen LogP contribution in [0.5, 0.6) is 0 Å². The molecule has 3 rings (SSSR count). The van der Waals surface area contributed by atoms with Crippen LogP contribution in [0, 0.1) is 6.92 Å². The fourth-order valence-electron chi connectivity index (χ4n) is 2.81. The lowest BCUT2D eigenvalue weighted by atomic mass is 10.1. The Labute approximate surface area is 128 Å². The van der Waals surface area contributed by atoms with Gasteiger partial charge >= 0.3 is 0 Å². The van der Waals surface area contributed by atoms with Gasteiger partial charge in [-0.3, -0.25) is 4.79 Å². The smallest absolute Gasteiger partial charge is 0.263 e. The van der Waals surface area contributed by atoms with Gasteiger partial charge in [0.15, 0.2) is 0 Å². The van der Waals surface area contributed by atoms with E-state index in [0.717, 1.165) is 39.6 Å². The molecule has 1 aliphatic rings. The van der Waals surface area contributed by atoms with Crippen molar-refractivity contribution >= 4 is 33.3 Å². The second-order valence-electron chi connectivity index (χ2n) is 5.68. The molecule has 6 heteroatoms. The number of fused-ring (bicyclic) bond motifs is 1. The van der Waals surface area contributed by atoms with Crippen LogP contribution in [0.15, 0.2) is 6.33 Å². The molecule has 1 fully saturated rings. The summed E-state index contributed by atoms with van der Waals surface area (Å²) in [5.41, 5.74) is 1.01. The second kappa shape index (κ2) is 5.60. The Kier molecular flexibility index (Phi) is 3.80. The van der Waals surface area contributed by atoms with Crippen LogP contribution in [-0.2, 0) is 0 Å². The zero-order valence-corrected chi connectivity index (χ0v) is 13.5. The predicted molar refractivity (Wildman–Crippen MR) is 86.2 cm³/mol. The molecular weight excluding hydrogens is 284 g/mol. The number of carbonyl (C=O) groups is 1. The highest BCUT2D eigenvalue weighted by Gasteiger charge is 2.23. The largest absolute Gasteiger partial charge is 0.356 e. The van der Waals surface area contributed by atoms with E-state index in [1.54, 1.807) is 25.3 Å². The highest BCUT2D eigenvalue weighted by atomic mass is 32.1. The molecule has 1 amide bonds. The molecule has 2 aromatic heterocycles. The van der Waals surface area contributed by atoms with E-state index in [4.69, 9.17) is 0 Å². The van der Waals surface area contributed by atoms with Gasteiger partial charge < -0.3 is 9.80 Å². The number of piperidine rings is 1. The molecule has 0 unspecified atom stereocenters. The first kappa shape index (κ1) is 14.3. The minimum atomic E-state index is 0.0418. The molecule has 0 saturated carbocycles. The van der Waals surface area contributed by atoms with Crippen LogP contribution >= 0.6 is 11.3 Å². The van der Waals surface area contributed by atoms with Gasteiger partial charge in [-0.05, 0) is 31.7 Å². The summed E-state index contributed by atoms with van der Waals surface area (Å²) in [6, 6.07) is 0. The van der Waals surface area contributed by atoms with Gasteiger partial charge in [0.2, 0.25) is 0 Å². The number of rotatable bonds is 2. The molecule has 0 radical (unpaired) electrons. The van der Waals surface area contributed by atoms with E-state index in [1.165, 1.54) is 30.6 Å². The molecule has 5 nitrogen and oxygen atoms in total. The average molecular weight is 304 g/mol. The molecule has 1 saturated heterocycles. The SMILES string of the molecule is Cc1c(C(=O)N(C)C)sc2ncnc(N3CCCCC3)c12. The van der Waals surface area contributed by atoms with Gasteiger partial charge in [-0.2, -0.15) is 0 Å². The highest BCUT2D eigenvalue weighted by Crippen LogP contribution is 2.36. The van der Waals surface area contributed by atoms with E-state index in [9.17, 15) is 4.79 Å². The van der Waals surface area contributed by atoms with Gasteiger partial charge in [-0.15, -0.1) is 11.3 Å². The fourth-order valence-corrected chi connectivity index (χ4v) is 3.97. The Morgan fingerprint density at radius 1 is 1.24 bits per heavy atom. The first-order valence-electron chi connectivity index (χ1n) is 7.30. The predicted octanol–water partition coefficient (Wildman–Crippen LogP) is 2.69. The van der Waals surface area contributed by atoms with Crippen LogP contribution in [0.25, 0.3) is 10.2 Å². The standard InChI is InChI=1S/C15H20N4OS/c1-10-11-13(19-7-5-4-6-8-19)16-9-17-14(11)21-12(10)15(20)18(2)3/h9H,4-8H2,1-3H3. The van der Waals surface area contributed by atoms with Crippen molar-refractivity contribution in [2.24, 2.45) is 0 Å². The van der Waals surface area contributed by atoms with Crippen LogP contribution in [-0.4, -0.2) is 48.0 Å². The van der Waals surface area contributed by atoms with Crippen molar-refractivity contribution in [2.75, 3.05) is 32.1 Å². The highest BCUT2D eigenvalue weighted by molar-refractivity contribution is 7.20. The molecule has 3 heterocycles. The third kappa shape index (κ3) is 2.48. The lowest BCUT2D eigenvalue weighted by Crippen LogP contribution is -2.30. The first-order chi connectivity index (χ1) is 10.1. The molecule has 21 heavy (non-hydrogen) atoms. The number of aromatic nitrogens is 2. The number of hydrogen-bond acceptors (Lipinski definition) is 5. The Balaban J connectivity index is 2.12. The minimum absolute atomic E-state index is 0.0418. The normalized spacial score (nSPS) is 15.5. The van der Waals surface area contributed by atoms with E-state index in [1.807, 2.05) is 6.92 Å². The summed E-state index contributed by atoms with van der Waals surface area (Å²) in [5, 5.41) is 1.05. The number of hydrogen-bond donors (Lipinski definition) is 0. The summed E-state index contributed by atoms with van der Waals surface area (Å²) in [7, 11) is 3.56.